The molecule has 0 bridgehead atoms. The van der Waals surface area contributed by atoms with Crippen molar-refractivity contribution >= 4 is 30.5 Å². The fraction of sp³-hybridized carbons (Fsp3) is 0.394. The Morgan fingerprint density at radius 3 is 2.07 bits per heavy atom. The fourth-order valence-corrected chi connectivity index (χ4v) is 6.10. The van der Waals surface area contributed by atoms with Crippen LogP contribution in [0.5, 0.6) is 0 Å². The van der Waals surface area contributed by atoms with E-state index in [9.17, 15) is 19.6 Å². The SMILES string of the molecule is Cc1c(CN2CCN(C(=O)OCC3c4ccccc4-c4ccccc43)CC2)cc(NC(=O)OC(C)(C)C)c(C)c1B(O)O. The predicted molar refractivity (Wildman–Crippen MR) is 168 cm³/mol. The molecule has 1 fully saturated rings. The highest BCUT2D eigenvalue weighted by molar-refractivity contribution is 6.60. The largest absolute Gasteiger partial charge is 0.489 e. The molecule has 0 saturated carbocycles. The van der Waals surface area contributed by atoms with Crippen LogP contribution in [0.4, 0.5) is 15.3 Å². The van der Waals surface area contributed by atoms with Crippen LogP contribution in [0.25, 0.3) is 11.1 Å². The van der Waals surface area contributed by atoms with Crippen molar-refractivity contribution in [2.24, 2.45) is 0 Å². The lowest BCUT2D eigenvalue weighted by Crippen LogP contribution is -2.48. The van der Waals surface area contributed by atoms with Crippen LogP contribution < -0.4 is 10.8 Å². The Kier molecular flexibility index (Phi) is 8.82. The second kappa shape index (κ2) is 12.4. The van der Waals surface area contributed by atoms with E-state index >= 15 is 0 Å². The van der Waals surface area contributed by atoms with E-state index in [1.807, 2.05) is 37.3 Å². The lowest BCUT2D eigenvalue weighted by atomic mass is 9.72. The minimum absolute atomic E-state index is 0.0155. The lowest BCUT2D eigenvalue weighted by molar-refractivity contribution is 0.0635. The molecule has 226 valence electrons. The molecule has 1 aliphatic carbocycles. The summed E-state index contributed by atoms with van der Waals surface area (Å²) in [5.74, 6) is 0.0155. The van der Waals surface area contributed by atoms with Gasteiger partial charge in [0.1, 0.15) is 12.2 Å². The van der Waals surface area contributed by atoms with Crippen molar-refractivity contribution in [2.45, 2.75) is 52.7 Å². The summed E-state index contributed by atoms with van der Waals surface area (Å²) < 4.78 is 11.3. The van der Waals surface area contributed by atoms with Crippen LogP contribution in [-0.2, 0) is 16.0 Å². The number of nitrogens with zero attached hydrogens (tertiary/aromatic N) is 2. The van der Waals surface area contributed by atoms with E-state index in [1.165, 1.54) is 22.3 Å². The lowest BCUT2D eigenvalue weighted by Gasteiger charge is -2.35. The number of hydrogen-bond acceptors (Lipinski definition) is 7. The van der Waals surface area contributed by atoms with E-state index in [4.69, 9.17) is 9.47 Å². The number of anilines is 1. The van der Waals surface area contributed by atoms with Crippen LogP contribution in [0.3, 0.4) is 0 Å². The molecule has 0 unspecified atom stereocenters. The molecule has 1 heterocycles. The van der Waals surface area contributed by atoms with Gasteiger partial charge in [-0.2, -0.15) is 0 Å². The molecule has 43 heavy (non-hydrogen) atoms. The van der Waals surface area contributed by atoms with E-state index in [0.717, 1.165) is 11.1 Å². The van der Waals surface area contributed by atoms with Gasteiger partial charge in [-0.1, -0.05) is 48.5 Å². The quantitative estimate of drug-likeness (QED) is 0.368. The monoisotopic (exact) mass is 585 g/mol. The summed E-state index contributed by atoms with van der Waals surface area (Å²) in [6.45, 7) is 12.0. The van der Waals surface area contributed by atoms with Gasteiger partial charge >= 0.3 is 19.3 Å². The number of carbonyl (C=O) groups excluding carboxylic acids is 2. The van der Waals surface area contributed by atoms with Crippen molar-refractivity contribution < 1.29 is 29.1 Å². The predicted octanol–water partition coefficient (Wildman–Crippen LogP) is 4.40. The van der Waals surface area contributed by atoms with E-state index in [0.29, 0.717) is 49.4 Å². The summed E-state index contributed by atoms with van der Waals surface area (Å²) in [6, 6.07) is 18.4. The average Bonchev–Trinajstić information content (AvgIpc) is 3.27. The highest BCUT2D eigenvalue weighted by Crippen LogP contribution is 2.44. The van der Waals surface area contributed by atoms with Gasteiger partial charge in [0, 0.05) is 44.3 Å². The maximum atomic E-state index is 13.1. The molecule has 10 heteroatoms. The minimum Gasteiger partial charge on any atom is -0.448 e. The second-order valence-corrected chi connectivity index (χ2v) is 12.3. The molecule has 2 aliphatic rings. The normalized spacial score (nSPS) is 15.1. The number of nitrogens with one attached hydrogen (secondary N) is 1. The molecule has 0 radical (unpaired) electrons. The average molecular weight is 586 g/mol. The molecular formula is C33H40BN3O6. The van der Waals surface area contributed by atoms with Gasteiger partial charge in [-0.15, -0.1) is 0 Å². The first-order chi connectivity index (χ1) is 20.4. The Balaban J connectivity index is 1.21. The summed E-state index contributed by atoms with van der Waals surface area (Å²) in [4.78, 5) is 29.5. The van der Waals surface area contributed by atoms with Gasteiger partial charge in [0.15, 0.2) is 0 Å². The third-order valence-corrected chi connectivity index (χ3v) is 8.27. The van der Waals surface area contributed by atoms with Crippen molar-refractivity contribution in [3.05, 3.63) is 82.4 Å². The first kappa shape index (κ1) is 30.6. The van der Waals surface area contributed by atoms with Gasteiger partial charge < -0.3 is 24.4 Å². The standard InChI is InChI=1S/C33H40BN3O6/c1-21-23(18-29(22(2)30(21)34(40)41)35-31(38)43-33(3,4)5)19-36-14-16-37(17-15-36)32(39)42-20-28-26-12-8-6-10-24(26)25-11-7-9-13-27(25)28/h6-13,18,28,40-41H,14-17,19-20H2,1-5H3,(H,35,38). The van der Waals surface area contributed by atoms with Gasteiger partial charge in [0.25, 0.3) is 0 Å². The Hall–Kier alpha value is -3.86. The van der Waals surface area contributed by atoms with Crippen molar-refractivity contribution in [3.63, 3.8) is 0 Å². The molecule has 0 aromatic heterocycles. The first-order valence-corrected chi connectivity index (χ1v) is 14.7. The van der Waals surface area contributed by atoms with Gasteiger partial charge in [0.2, 0.25) is 0 Å². The number of piperazine rings is 1. The van der Waals surface area contributed by atoms with E-state index in [-0.39, 0.29) is 18.6 Å². The molecule has 0 atom stereocenters. The fourth-order valence-electron chi connectivity index (χ4n) is 6.10. The van der Waals surface area contributed by atoms with Crippen LogP contribution in [-0.4, -0.2) is 77.5 Å². The topological polar surface area (TPSA) is 112 Å². The number of carbonyl (C=O) groups is 2. The van der Waals surface area contributed by atoms with Gasteiger partial charge in [-0.05, 0) is 85.1 Å². The molecule has 0 spiro atoms. The van der Waals surface area contributed by atoms with Crippen LogP contribution in [0.15, 0.2) is 54.6 Å². The molecular weight excluding hydrogens is 545 g/mol. The maximum absolute atomic E-state index is 13.1. The van der Waals surface area contributed by atoms with Crippen LogP contribution in [0.2, 0.25) is 0 Å². The van der Waals surface area contributed by atoms with Crippen molar-refractivity contribution in [1.82, 2.24) is 9.80 Å². The molecule has 1 saturated heterocycles. The molecule has 5 rings (SSSR count). The molecule has 9 nitrogen and oxygen atoms in total. The number of fused-ring (bicyclic) bond motifs is 3. The zero-order chi connectivity index (χ0) is 30.9. The molecule has 3 aromatic rings. The van der Waals surface area contributed by atoms with Crippen molar-refractivity contribution in [1.29, 1.82) is 0 Å². The van der Waals surface area contributed by atoms with Gasteiger partial charge in [-0.25, -0.2) is 9.59 Å². The first-order valence-electron chi connectivity index (χ1n) is 14.7. The smallest absolute Gasteiger partial charge is 0.448 e. The summed E-state index contributed by atoms with van der Waals surface area (Å²) >= 11 is 0. The molecule has 1 aliphatic heterocycles. The van der Waals surface area contributed by atoms with Crippen molar-refractivity contribution in [3.8, 4) is 11.1 Å². The Morgan fingerprint density at radius 2 is 1.51 bits per heavy atom. The number of amides is 2. The second-order valence-electron chi connectivity index (χ2n) is 12.3. The zero-order valence-corrected chi connectivity index (χ0v) is 25.5. The number of hydrogen-bond donors (Lipinski definition) is 3. The van der Waals surface area contributed by atoms with E-state index in [1.54, 1.807) is 32.6 Å². The molecule has 3 N–H and O–H groups in total. The Morgan fingerprint density at radius 1 is 0.930 bits per heavy atom. The zero-order valence-electron chi connectivity index (χ0n) is 25.5. The molecule has 3 aromatic carbocycles. The number of rotatable bonds is 6. The van der Waals surface area contributed by atoms with Crippen LogP contribution >= 0.6 is 0 Å². The van der Waals surface area contributed by atoms with Crippen LogP contribution in [0, 0.1) is 13.8 Å². The van der Waals surface area contributed by atoms with Gasteiger partial charge in [-0.3, -0.25) is 10.2 Å². The summed E-state index contributed by atoms with van der Waals surface area (Å²) in [5.41, 5.74) is 7.10. The Labute approximate surface area is 253 Å². The summed E-state index contributed by atoms with van der Waals surface area (Å²) in [6.07, 6.45) is -0.928. The summed E-state index contributed by atoms with van der Waals surface area (Å²) in [7, 11) is -1.69. The van der Waals surface area contributed by atoms with Crippen LogP contribution in [0.1, 0.15) is 54.5 Å². The summed E-state index contributed by atoms with van der Waals surface area (Å²) in [5, 5.41) is 23.0. The highest BCUT2D eigenvalue weighted by Gasteiger charge is 2.31. The minimum atomic E-state index is -1.69. The van der Waals surface area contributed by atoms with Gasteiger partial charge in [0.05, 0.1) is 0 Å². The van der Waals surface area contributed by atoms with E-state index < -0.39 is 18.8 Å². The third-order valence-electron chi connectivity index (χ3n) is 8.27. The number of benzene rings is 3. The highest BCUT2D eigenvalue weighted by atomic mass is 16.6. The molecule has 2 amide bonds. The third kappa shape index (κ3) is 6.72. The maximum Gasteiger partial charge on any atom is 0.489 e. The van der Waals surface area contributed by atoms with E-state index in [2.05, 4.69) is 34.5 Å². The van der Waals surface area contributed by atoms with Crippen molar-refractivity contribution in [2.75, 3.05) is 38.1 Å². The Bertz CT molecular complexity index is 1470. The number of ether oxygens (including phenoxy) is 2.